The number of hydrogen-bond acceptors (Lipinski definition) is 3. The quantitative estimate of drug-likeness (QED) is 0.277. The molecule has 0 N–H and O–H groups in total. The second kappa shape index (κ2) is 6.61. The maximum Gasteiger partial charge on any atom is 0.330 e. The summed E-state index contributed by atoms with van der Waals surface area (Å²) in [6.45, 7) is 9.57. The average molecular weight is 170 g/mol. The second-order valence-corrected chi connectivity index (χ2v) is 2.20. The van der Waals surface area contributed by atoms with Gasteiger partial charge in [0.25, 0.3) is 0 Å². The van der Waals surface area contributed by atoms with Crippen molar-refractivity contribution < 1.29 is 14.3 Å². The van der Waals surface area contributed by atoms with E-state index in [4.69, 9.17) is 4.74 Å². The predicted octanol–water partition coefficient (Wildman–Crippen LogP) is 1.31. The molecule has 1 heterocycles. The molecule has 0 radical (unpaired) electrons. The van der Waals surface area contributed by atoms with Gasteiger partial charge in [-0.3, -0.25) is 0 Å². The Labute approximate surface area is 72.7 Å². The van der Waals surface area contributed by atoms with Gasteiger partial charge in [-0.25, -0.2) is 4.79 Å². The lowest BCUT2D eigenvalue weighted by Crippen LogP contribution is -2.06. The van der Waals surface area contributed by atoms with Crippen LogP contribution in [0.1, 0.15) is 6.92 Å². The van der Waals surface area contributed by atoms with Crippen LogP contribution in [0.15, 0.2) is 25.3 Å². The van der Waals surface area contributed by atoms with Crippen LogP contribution in [0.4, 0.5) is 0 Å². The molecule has 0 aromatic carbocycles. The van der Waals surface area contributed by atoms with Crippen LogP contribution in [0.3, 0.4) is 0 Å². The van der Waals surface area contributed by atoms with E-state index < -0.39 is 0 Å². The predicted molar refractivity (Wildman–Crippen MR) is 46.8 cm³/mol. The highest BCUT2D eigenvalue weighted by Gasteiger charge is 2.23. The number of esters is 1. The van der Waals surface area contributed by atoms with Crippen LogP contribution in [0.2, 0.25) is 0 Å². The van der Waals surface area contributed by atoms with Gasteiger partial charge >= 0.3 is 5.97 Å². The Hall–Kier alpha value is -1.09. The molecule has 0 aromatic heterocycles. The highest BCUT2D eigenvalue weighted by atomic mass is 16.6. The molecule has 12 heavy (non-hydrogen) atoms. The fraction of sp³-hybridized carbons (Fsp3) is 0.444. The average Bonchev–Trinajstić information content (AvgIpc) is 2.85. The smallest absolute Gasteiger partial charge is 0.330 e. The summed E-state index contributed by atoms with van der Waals surface area (Å²) in [5.41, 5.74) is 0. The normalized spacial score (nSPS) is 18.2. The third-order valence-corrected chi connectivity index (χ3v) is 0.981. The molecule has 3 heteroatoms. The van der Waals surface area contributed by atoms with E-state index in [1.807, 2.05) is 6.92 Å². The van der Waals surface area contributed by atoms with E-state index in [0.29, 0.717) is 13.2 Å². The van der Waals surface area contributed by atoms with E-state index in [0.717, 1.165) is 6.08 Å². The lowest BCUT2D eigenvalue weighted by Gasteiger charge is -1.94. The van der Waals surface area contributed by atoms with Crippen molar-refractivity contribution in [1.29, 1.82) is 0 Å². The first-order chi connectivity index (χ1) is 5.74. The number of epoxide rings is 1. The van der Waals surface area contributed by atoms with Gasteiger partial charge in [0.15, 0.2) is 0 Å². The van der Waals surface area contributed by atoms with Crippen molar-refractivity contribution in [2.45, 2.75) is 13.0 Å². The molecule has 0 spiro atoms. The molecule has 0 bridgehead atoms. The molecule has 3 nitrogen and oxygen atoms in total. The summed E-state index contributed by atoms with van der Waals surface area (Å²) in [5, 5.41) is 0. The molecule has 1 aliphatic rings. The fourth-order valence-corrected chi connectivity index (χ4v) is 0.398. The van der Waals surface area contributed by atoms with Gasteiger partial charge in [-0.15, -0.1) is 6.58 Å². The van der Waals surface area contributed by atoms with Crippen LogP contribution in [0.5, 0.6) is 0 Å². The van der Waals surface area contributed by atoms with Gasteiger partial charge < -0.3 is 9.47 Å². The number of rotatable bonds is 3. The Morgan fingerprint density at radius 3 is 2.58 bits per heavy atom. The summed E-state index contributed by atoms with van der Waals surface area (Å²) in [4.78, 5) is 10.3. The number of hydrogen-bond donors (Lipinski definition) is 0. The molecule has 1 rings (SSSR count). The van der Waals surface area contributed by atoms with Crippen molar-refractivity contribution in [2.75, 3.05) is 13.2 Å². The number of allylic oxidation sites excluding steroid dienone is 1. The van der Waals surface area contributed by atoms with E-state index in [1.54, 1.807) is 6.08 Å². The van der Waals surface area contributed by atoms with Crippen LogP contribution in [0.25, 0.3) is 0 Å². The monoisotopic (exact) mass is 170 g/mol. The summed E-state index contributed by atoms with van der Waals surface area (Å²) in [7, 11) is 0. The standard InChI is InChI=1S/C6H8O3.C3H6/c1-2-6(7)9-4-5-3-8-5;1-3-2/h2,5H,1,3-4H2;3H,1H2,2H3. The Kier molecular flexibility index (Phi) is 6.01. The summed E-state index contributed by atoms with van der Waals surface area (Å²) in [6.07, 6.45) is 3.04. The topological polar surface area (TPSA) is 38.8 Å². The highest BCUT2D eigenvalue weighted by molar-refractivity contribution is 5.81. The van der Waals surface area contributed by atoms with Crippen molar-refractivity contribution in [1.82, 2.24) is 0 Å². The van der Waals surface area contributed by atoms with Crippen LogP contribution in [-0.2, 0) is 14.3 Å². The Morgan fingerprint density at radius 1 is 1.75 bits per heavy atom. The zero-order chi connectivity index (χ0) is 9.40. The van der Waals surface area contributed by atoms with Gasteiger partial charge in [-0.1, -0.05) is 12.7 Å². The molecule has 0 aliphatic carbocycles. The molecule has 0 aromatic rings. The van der Waals surface area contributed by atoms with Crippen molar-refractivity contribution in [3.63, 3.8) is 0 Å². The zero-order valence-electron chi connectivity index (χ0n) is 7.29. The van der Waals surface area contributed by atoms with E-state index in [1.165, 1.54) is 0 Å². The minimum absolute atomic E-state index is 0.147. The molecule has 1 fully saturated rings. The SMILES string of the molecule is C=CC.C=CC(=O)OCC1CO1. The van der Waals surface area contributed by atoms with E-state index >= 15 is 0 Å². The minimum Gasteiger partial charge on any atom is -0.460 e. The van der Waals surface area contributed by atoms with E-state index in [2.05, 4.69) is 17.9 Å². The first-order valence-corrected chi connectivity index (χ1v) is 3.72. The van der Waals surface area contributed by atoms with Gasteiger partial charge in [0, 0.05) is 6.08 Å². The molecule has 1 atom stereocenters. The Bertz CT molecular complexity index is 159. The molecule has 1 aliphatic heterocycles. The van der Waals surface area contributed by atoms with Gasteiger partial charge in [0.05, 0.1) is 6.61 Å². The lowest BCUT2D eigenvalue weighted by molar-refractivity contribution is -0.138. The summed E-state index contributed by atoms with van der Waals surface area (Å²) in [5.74, 6) is -0.384. The molecule has 1 saturated heterocycles. The lowest BCUT2D eigenvalue weighted by atomic mass is 10.5. The maximum atomic E-state index is 10.3. The first-order valence-electron chi connectivity index (χ1n) is 3.72. The highest BCUT2D eigenvalue weighted by Crippen LogP contribution is 2.08. The third kappa shape index (κ3) is 7.02. The molecule has 0 saturated carbocycles. The van der Waals surface area contributed by atoms with Gasteiger partial charge in [0.2, 0.25) is 0 Å². The van der Waals surface area contributed by atoms with Crippen molar-refractivity contribution in [3.05, 3.63) is 25.3 Å². The summed E-state index contributed by atoms with van der Waals surface area (Å²) in [6, 6.07) is 0. The molecule has 1 unspecified atom stereocenters. The summed E-state index contributed by atoms with van der Waals surface area (Å²) < 4.78 is 9.42. The minimum atomic E-state index is -0.384. The van der Waals surface area contributed by atoms with Crippen LogP contribution < -0.4 is 0 Å². The zero-order valence-corrected chi connectivity index (χ0v) is 7.29. The Morgan fingerprint density at radius 2 is 2.25 bits per heavy atom. The first kappa shape index (κ1) is 10.9. The number of ether oxygens (including phenoxy) is 2. The molecule has 0 amide bonds. The van der Waals surface area contributed by atoms with Crippen LogP contribution in [-0.4, -0.2) is 25.3 Å². The molecule has 68 valence electrons. The number of carbonyl (C=O) groups is 1. The van der Waals surface area contributed by atoms with Crippen molar-refractivity contribution in [3.8, 4) is 0 Å². The van der Waals surface area contributed by atoms with Gasteiger partial charge in [0.1, 0.15) is 12.7 Å². The fourth-order valence-electron chi connectivity index (χ4n) is 0.398. The number of carbonyl (C=O) groups excluding carboxylic acids is 1. The van der Waals surface area contributed by atoms with Crippen LogP contribution in [0, 0.1) is 0 Å². The van der Waals surface area contributed by atoms with Crippen LogP contribution >= 0.6 is 0 Å². The van der Waals surface area contributed by atoms with Crippen molar-refractivity contribution in [2.24, 2.45) is 0 Å². The molecular weight excluding hydrogens is 156 g/mol. The van der Waals surface area contributed by atoms with Gasteiger partial charge in [-0.05, 0) is 6.92 Å². The van der Waals surface area contributed by atoms with E-state index in [-0.39, 0.29) is 12.1 Å². The summed E-state index contributed by atoms with van der Waals surface area (Å²) >= 11 is 0. The Balaban J connectivity index is 0.000000354. The van der Waals surface area contributed by atoms with E-state index in [9.17, 15) is 4.79 Å². The third-order valence-electron chi connectivity index (χ3n) is 0.981. The maximum absolute atomic E-state index is 10.3. The van der Waals surface area contributed by atoms with Crippen molar-refractivity contribution >= 4 is 5.97 Å². The molecular formula is C9H14O3. The largest absolute Gasteiger partial charge is 0.460 e. The van der Waals surface area contributed by atoms with Gasteiger partial charge in [-0.2, -0.15) is 0 Å². The second-order valence-electron chi connectivity index (χ2n) is 2.20.